The van der Waals surface area contributed by atoms with E-state index in [-0.39, 0.29) is 6.42 Å². The molecule has 4 atom stereocenters. The van der Waals surface area contributed by atoms with Crippen LogP contribution in [0.25, 0.3) is 6.08 Å². The fourth-order valence-electron chi connectivity index (χ4n) is 5.06. The van der Waals surface area contributed by atoms with Gasteiger partial charge in [0.1, 0.15) is 0 Å². The molecule has 1 heterocycles. The normalized spacial score (nSPS) is 23.9. The molecule has 1 aliphatic carbocycles. The lowest BCUT2D eigenvalue weighted by molar-refractivity contribution is -0.137. The van der Waals surface area contributed by atoms with Crippen LogP contribution in [0.15, 0.2) is 34.9 Å². The number of phenolic OH excluding ortho intramolecular Hbond substituents is 1. The number of carbonyl (C=O) groups excluding carboxylic acids is 3. The third-order valence-corrected chi connectivity index (χ3v) is 6.72. The Morgan fingerprint density at radius 2 is 2.03 bits per heavy atom. The largest absolute Gasteiger partial charge is 0.505 e. The van der Waals surface area contributed by atoms with E-state index < -0.39 is 59.9 Å². The molecule has 3 N–H and O–H groups in total. The fourth-order valence-corrected chi connectivity index (χ4v) is 5.06. The lowest BCUT2D eigenvalue weighted by Crippen LogP contribution is -2.40. The van der Waals surface area contributed by atoms with Crippen LogP contribution in [0, 0.1) is 23.6 Å². The van der Waals surface area contributed by atoms with Gasteiger partial charge in [0.2, 0.25) is 11.8 Å². The van der Waals surface area contributed by atoms with Gasteiger partial charge in [0.05, 0.1) is 31.7 Å². The number of aliphatic hydroxyl groups excluding tert-OH is 2. The minimum absolute atomic E-state index is 0.226. The zero-order valence-electron chi connectivity index (χ0n) is 19.5. The van der Waals surface area contributed by atoms with Crippen molar-refractivity contribution in [3.63, 3.8) is 0 Å². The van der Waals surface area contributed by atoms with Crippen LogP contribution in [-0.2, 0) is 14.3 Å². The van der Waals surface area contributed by atoms with E-state index in [0.29, 0.717) is 35.3 Å². The summed E-state index contributed by atoms with van der Waals surface area (Å²) in [5, 5.41) is 30.6. The summed E-state index contributed by atoms with van der Waals surface area (Å²) in [5.41, 5.74) is 2.77. The first-order valence-corrected chi connectivity index (χ1v) is 11.3. The van der Waals surface area contributed by atoms with Crippen molar-refractivity contribution < 1.29 is 38.8 Å². The lowest BCUT2D eigenvalue weighted by atomic mass is 9.67. The van der Waals surface area contributed by atoms with Gasteiger partial charge in [-0.3, -0.25) is 9.59 Å². The molecule has 1 aliphatic heterocycles. The van der Waals surface area contributed by atoms with Gasteiger partial charge in [0.15, 0.2) is 11.6 Å². The standard InChI is InChI=1S/C25H30FNO7/c1-4-15-11-16-22(24(32)27(23(16)31)25(33)34-3)17(12-28)21(15)20(30)7-5-13(2)9-14-6-8-19(29)18(26)10-14/h6,8-10,16-17,20,22,28-30H,4-5,7,11-12H2,1-3H3/b13-9+/t16-,17+,20-,22-/m1/s1. The summed E-state index contributed by atoms with van der Waals surface area (Å²) in [6.45, 7) is 3.26. The molecular weight excluding hydrogens is 445 g/mol. The van der Waals surface area contributed by atoms with Gasteiger partial charge in [0, 0.05) is 5.92 Å². The summed E-state index contributed by atoms with van der Waals surface area (Å²) >= 11 is 0. The Morgan fingerprint density at radius 3 is 2.62 bits per heavy atom. The summed E-state index contributed by atoms with van der Waals surface area (Å²) < 4.78 is 18.2. The molecule has 3 amide bonds. The summed E-state index contributed by atoms with van der Waals surface area (Å²) in [6, 6.07) is 4.06. The summed E-state index contributed by atoms with van der Waals surface area (Å²) in [6.07, 6.45) is 1.22. The number of hydrogen-bond donors (Lipinski definition) is 3. The first-order chi connectivity index (χ1) is 16.1. The first-order valence-electron chi connectivity index (χ1n) is 11.3. The maximum atomic E-state index is 13.6. The zero-order chi connectivity index (χ0) is 25.2. The lowest BCUT2D eigenvalue weighted by Gasteiger charge is -2.36. The van der Waals surface area contributed by atoms with Gasteiger partial charge in [-0.05, 0) is 55.9 Å². The Morgan fingerprint density at radius 1 is 1.32 bits per heavy atom. The van der Waals surface area contributed by atoms with Gasteiger partial charge >= 0.3 is 6.09 Å². The van der Waals surface area contributed by atoms with E-state index in [4.69, 9.17) is 0 Å². The van der Waals surface area contributed by atoms with Crippen LogP contribution in [0.3, 0.4) is 0 Å². The summed E-state index contributed by atoms with van der Waals surface area (Å²) in [7, 11) is 1.09. The third-order valence-electron chi connectivity index (χ3n) is 6.72. The molecule has 0 saturated carbocycles. The van der Waals surface area contributed by atoms with Gasteiger partial charge in [0.25, 0.3) is 0 Å². The number of methoxy groups -OCH3 is 1. The van der Waals surface area contributed by atoms with E-state index in [9.17, 15) is 34.1 Å². The smallest absolute Gasteiger partial charge is 0.423 e. The average Bonchev–Trinajstić information content (AvgIpc) is 3.07. The molecule has 9 heteroatoms. The van der Waals surface area contributed by atoms with E-state index in [2.05, 4.69) is 4.74 Å². The molecule has 2 aliphatic rings. The van der Waals surface area contributed by atoms with Crippen LogP contribution in [0.1, 0.15) is 45.1 Å². The molecular formula is C25H30FNO7. The number of fused-ring (bicyclic) bond motifs is 1. The van der Waals surface area contributed by atoms with Crippen LogP contribution in [-0.4, -0.2) is 57.9 Å². The number of likely N-dealkylation sites (tertiary alicyclic amines) is 1. The number of aliphatic hydroxyl groups is 2. The molecule has 1 saturated heterocycles. The number of benzene rings is 1. The van der Waals surface area contributed by atoms with Crippen molar-refractivity contribution in [2.24, 2.45) is 17.8 Å². The van der Waals surface area contributed by atoms with Crippen molar-refractivity contribution in [2.75, 3.05) is 13.7 Å². The summed E-state index contributed by atoms with van der Waals surface area (Å²) in [4.78, 5) is 38.2. The zero-order valence-corrected chi connectivity index (χ0v) is 19.5. The second-order valence-corrected chi connectivity index (χ2v) is 8.78. The average molecular weight is 476 g/mol. The van der Waals surface area contributed by atoms with Gasteiger partial charge in [-0.2, -0.15) is 4.90 Å². The minimum atomic E-state index is -1.05. The molecule has 0 aromatic heterocycles. The molecule has 184 valence electrons. The Labute approximate surface area is 197 Å². The van der Waals surface area contributed by atoms with Gasteiger partial charge < -0.3 is 20.1 Å². The number of rotatable bonds is 7. The van der Waals surface area contributed by atoms with Crippen LogP contribution >= 0.6 is 0 Å². The second-order valence-electron chi connectivity index (χ2n) is 8.78. The number of phenols is 1. The van der Waals surface area contributed by atoms with E-state index >= 15 is 0 Å². The highest BCUT2D eigenvalue weighted by Crippen LogP contribution is 2.47. The molecule has 1 fully saturated rings. The van der Waals surface area contributed by atoms with Gasteiger partial charge in [-0.1, -0.05) is 30.2 Å². The highest BCUT2D eigenvalue weighted by atomic mass is 19.1. The first kappa shape index (κ1) is 25.6. The van der Waals surface area contributed by atoms with Crippen molar-refractivity contribution in [3.05, 3.63) is 46.3 Å². The van der Waals surface area contributed by atoms with E-state index in [1.807, 2.05) is 13.8 Å². The predicted molar refractivity (Wildman–Crippen MR) is 121 cm³/mol. The Bertz CT molecular complexity index is 1050. The number of imide groups is 3. The summed E-state index contributed by atoms with van der Waals surface area (Å²) in [5.74, 6) is -5.01. The second kappa shape index (κ2) is 10.5. The SMILES string of the molecule is CCC1=C([C@H](O)CC/C(C)=C/c2ccc(O)c(F)c2)[C@H](CO)[C@@H]2C(=O)N(C(=O)OC)C(=O)[C@@H]2C1. The monoisotopic (exact) mass is 475 g/mol. The fraction of sp³-hybridized carbons (Fsp3) is 0.480. The molecule has 0 spiro atoms. The van der Waals surface area contributed by atoms with Crippen molar-refractivity contribution >= 4 is 24.0 Å². The Hall–Kier alpha value is -3.04. The number of aromatic hydroxyl groups is 1. The topological polar surface area (TPSA) is 124 Å². The number of hydrogen-bond acceptors (Lipinski definition) is 7. The van der Waals surface area contributed by atoms with E-state index in [1.165, 1.54) is 12.1 Å². The maximum Gasteiger partial charge on any atom is 0.423 e. The van der Waals surface area contributed by atoms with E-state index in [0.717, 1.165) is 18.3 Å². The quantitative estimate of drug-likeness (QED) is 0.409. The molecule has 0 bridgehead atoms. The number of nitrogens with zero attached hydrogens (tertiary/aromatic N) is 1. The van der Waals surface area contributed by atoms with Crippen LogP contribution in [0.5, 0.6) is 5.75 Å². The highest BCUT2D eigenvalue weighted by molar-refractivity contribution is 6.15. The molecule has 1 aromatic rings. The van der Waals surface area contributed by atoms with Crippen LogP contribution in [0.2, 0.25) is 0 Å². The van der Waals surface area contributed by atoms with E-state index in [1.54, 1.807) is 12.1 Å². The van der Waals surface area contributed by atoms with Crippen molar-refractivity contribution in [1.29, 1.82) is 0 Å². The van der Waals surface area contributed by atoms with Crippen LogP contribution < -0.4 is 0 Å². The number of ether oxygens (including phenoxy) is 1. The molecule has 0 unspecified atom stereocenters. The van der Waals surface area contributed by atoms with Crippen molar-refractivity contribution in [2.45, 2.75) is 45.6 Å². The number of carbonyl (C=O) groups is 3. The third kappa shape index (κ3) is 4.76. The molecule has 0 radical (unpaired) electrons. The van der Waals surface area contributed by atoms with Crippen LogP contribution in [0.4, 0.5) is 9.18 Å². The van der Waals surface area contributed by atoms with Crippen molar-refractivity contribution in [1.82, 2.24) is 4.90 Å². The molecule has 3 rings (SSSR count). The molecule has 1 aromatic carbocycles. The molecule has 8 nitrogen and oxygen atoms in total. The van der Waals surface area contributed by atoms with Gasteiger partial charge in [-0.25, -0.2) is 9.18 Å². The predicted octanol–water partition coefficient (Wildman–Crippen LogP) is 3.16. The highest BCUT2D eigenvalue weighted by Gasteiger charge is 2.56. The number of halogens is 1. The minimum Gasteiger partial charge on any atom is -0.505 e. The van der Waals surface area contributed by atoms with Gasteiger partial charge in [-0.15, -0.1) is 0 Å². The maximum absolute atomic E-state index is 13.6. The van der Waals surface area contributed by atoms with Crippen molar-refractivity contribution in [3.8, 4) is 5.75 Å². The Kier molecular flexibility index (Phi) is 7.89. The molecule has 34 heavy (non-hydrogen) atoms. The number of amides is 3. The Balaban J connectivity index is 1.81. The number of allylic oxidation sites excluding steroid dienone is 2.